The monoisotopic (exact) mass is 264 g/mol. The van der Waals surface area contributed by atoms with E-state index >= 15 is 0 Å². The standard InChI is InChI=1S/C14H24N4O/c1-4-6-15-13-9-14(17-11(3)16-13)18-7-8-19-10-12(18)5-2/h9,12H,4-8,10H2,1-3H3,(H,15,16,17). The SMILES string of the molecule is CCCNc1cc(N2CCOCC2CC)nc(C)n1. The summed E-state index contributed by atoms with van der Waals surface area (Å²) in [6.07, 6.45) is 2.16. The van der Waals surface area contributed by atoms with E-state index in [4.69, 9.17) is 4.74 Å². The Morgan fingerprint density at radius 1 is 1.42 bits per heavy atom. The number of hydrogen-bond donors (Lipinski definition) is 1. The highest BCUT2D eigenvalue weighted by Crippen LogP contribution is 2.21. The summed E-state index contributed by atoms with van der Waals surface area (Å²) >= 11 is 0. The average Bonchev–Trinajstić information content (AvgIpc) is 2.44. The first kappa shape index (κ1) is 14.1. The molecule has 0 radical (unpaired) electrons. The zero-order chi connectivity index (χ0) is 13.7. The summed E-state index contributed by atoms with van der Waals surface area (Å²) < 4.78 is 5.55. The van der Waals surface area contributed by atoms with Crippen molar-refractivity contribution in [3.05, 3.63) is 11.9 Å². The Morgan fingerprint density at radius 2 is 2.26 bits per heavy atom. The first-order valence-electron chi connectivity index (χ1n) is 7.18. The molecule has 1 fully saturated rings. The second kappa shape index (κ2) is 6.70. The Bertz CT molecular complexity index is 410. The van der Waals surface area contributed by atoms with Gasteiger partial charge in [0.15, 0.2) is 0 Å². The molecule has 1 saturated heterocycles. The van der Waals surface area contributed by atoms with Gasteiger partial charge in [0.05, 0.1) is 19.3 Å². The summed E-state index contributed by atoms with van der Waals surface area (Å²) in [5, 5.41) is 3.34. The van der Waals surface area contributed by atoms with E-state index in [1.807, 2.05) is 6.92 Å². The molecule has 0 aliphatic carbocycles. The molecule has 2 heterocycles. The van der Waals surface area contributed by atoms with Crippen molar-refractivity contribution >= 4 is 11.6 Å². The number of ether oxygens (including phenoxy) is 1. The maximum atomic E-state index is 5.55. The molecule has 5 heteroatoms. The Kier molecular flexibility index (Phi) is 4.96. The fourth-order valence-electron chi connectivity index (χ4n) is 2.34. The van der Waals surface area contributed by atoms with E-state index in [1.165, 1.54) is 0 Å². The first-order valence-corrected chi connectivity index (χ1v) is 7.18. The van der Waals surface area contributed by atoms with Gasteiger partial charge in [-0.1, -0.05) is 13.8 Å². The van der Waals surface area contributed by atoms with E-state index < -0.39 is 0 Å². The van der Waals surface area contributed by atoms with Crippen molar-refractivity contribution in [2.45, 2.75) is 39.7 Å². The van der Waals surface area contributed by atoms with Crippen LogP contribution in [0.2, 0.25) is 0 Å². The van der Waals surface area contributed by atoms with Gasteiger partial charge in [0.25, 0.3) is 0 Å². The third kappa shape index (κ3) is 3.56. The van der Waals surface area contributed by atoms with Gasteiger partial charge >= 0.3 is 0 Å². The lowest BCUT2D eigenvalue weighted by Crippen LogP contribution is -2.45. The fourth-order valence-corrected chi connectivity index (χ4v) is 2.34. The lowest BCUT2D eigenvalue weighted by Gasteiger charge is -2.36. The summed E-state index contributed by atoms with van der Waals surface area (Å²) in [6.45, 7) is 9.70. The summed E-state index contributed by atoms with van der Waals surface area (Å²) in [7, 11) is 0. The quantitative estimate of drug-likeness (QED) is 0.883. The molecular weight excluding hydrogens is 240 g/mol. The van der Waals surface area contributed by atoms with Crippen molar-refractivity contribution in [3.8, 4) is 0 Å². The van der Waals surface area contributed by atoms with Gasteiger partial charge in [-0.15, -0.1) is 0 Å². The van der Waals surface area contributed by atoms with Crippen molar-refractivity contribution in [1.82, 2.24) is 9.97 Å². The highest BCUT2D eigenvalue weighted by atomic mass is 16.5. The molecular formula is C14H24N4O. The molecule has 1 unspecified atom stereocenters. The molecule has 106 valence electrons. The van der Waals surface area contributed by atoms with E-state index in [1.54, 1.807) is 0 Å². The minimum absolute atomic E-state index is 0.419. The van der Waals surface area contributed by atoms with Crippen molar-refractivity contribution in [1.29, 1.82) is 0 Å². The Morgan fingerprint density at radius 3 is 3.00 bits per heavy atom. The molecule has 0 spiro atoms. The minimum Gasteiger partial charge on any atom is -0.377 e. The van der Waals surface area contributed by atoms with E-state index in [-0.39, 0.29) is 0 Å². The molecule has 2 rings (SSSR count). The van der Waals surface area contributed by atoms with Crippen LogP contribution in [-0.2, 0) is 4.74 Å². The molecule has 1 atom stereocenters. The maximum absolute atomic E-state index is 5.55. The van der Waals surface area contributed by atoms with Crippen LogP contribution < -0.4 is 10.2 Å². The van der Waals surface area contributed by atoms with Crippen LogP contribution in [0.25, 0.3) is 0 Å². The van der Waals surface area contributed by atoms with Crippen molar-refractivity contribution in [3.63, 3.8) is 0 Å². The van der Waals surface area contributed by atoms with Gasteiger partial charge in [0.2, 0.25) is 0 Å². The molecule has 1 aromatic rings. The smallest absolute Gasteiger partial charge is 0.134 e. The summed E-state index contributed by atoms with van der Waals surface area (Å²) in [6, 6.07) is 2.47. The van der Waals surface area contributed by atoms with Crippen molar-refractivity contribution < 1.29 is 4.74 Å². The molecule has 1 aromatic heterocycles. The number of aryl methyl sites for hydroxylation is 1. The first-order chi connectivity index (χ1) is 9.24. The van der Waals surface area contributed by atoms with Crippen molar-refractivity contribution in [2.75, 3.05) is 36.5 Å². The number of anilines is 2. The highest BCUT2D eigenvalue weighted by Gasteiger charge is 2.23. The molecule has 1 aliphatic heterocycles. The predicted molar refractivity (Wildman–Crippen MR) is 77.8 cm³/mol. The van der Waals surface area contributed by atoms with E-state index in [9.17, 15) is 0 Å². The van der Waals surface area contributed by atoms with E-state index in [0.29, 0.717) is 6.04 Å². The lowest BCUT2D eigenvalue weighted by atomic mass is 10.2. The van der Waals surface area contributed by atoms with Gasteiger partial charge in [0, 0.05) is 19.2 Å². The maximum Gasteiger partial charge on any atom is 0.134 e. The van der Waals surface area contributed by atoms with E-state index in [0.717, 1.165) is 56.6 Å². The normalized spacial score (nSPS) is 19.5. The molecule has 0 amide bonds. The van der Waals surface area contributed by atoms with Crippen LogP contribution >= 0.6 is 0 Å². The molecule has 0 bridgehead atoms. The Hall–Kier alpha value is -1.36. The number of aromatic nitrogens is 2. The Labute approximate surface area is 115 Å². The highest BCUT2D eigenvalue weighted by molar-refractivity contribution is 5.50. The molecule has 5 nitrogen and oxygen atoms in total. The third-order valence-electron chi connectivity index (χ3n) is 3.37. The average molecular weight is 264 g/mol. The van der Waals surface area contributed by atoms with Crippen LogP contribution in [-0.4, -0.2) is 42.3 Å². The molecule has 0 saturated carbocycles. The molecule has 19 heavy (non-hydrogen) atoms. The van der Waals surface area contributed by atoms with Gasteiger partial charge in [-0.25, -0.2) is 9.97 Å². The second-order valence-corrected chi connectivity index (χ2v) is 4.92. The second-order valence-electron chi connectivity index (χ2n) is 4.92. The Balaban J connectivity index is 2.19. The van der Waals surface area contributed by atoms with Gasteiger partial charge in [-0.2, -0.15) is 0 Å². The minimum atomic E-state index is 0.419. The summed E-state index contributed by atoms with van der Waals surface area (Å²) in [5.41, 5.74) is 0. The number of morpholine rings is 1. The topological polar surface area (TPSA) is 50.3 Å². The largest absolute Gasteiger partial charge is 0.377 e. The molecule has 1 N–H and O–H groups in total. The van der Waals surface area contributed by atoms with Crippen LogP contribution in [0.3, 0.4) is 0 Å². The number of nitrogens with one attached hydrogen (secondary N) is 1. The summed E-state index contributed by atoms with van der Waals surface area (Å²) in [4.78, 5) is 11.4. The fraction of sp³-hybridized carbons (Fsp3) is 0.714. The van der Waals surface area contributed by atoms with Crippen molar-refractivity contribution in [2.24, 2.45) is 0 Å². The zero-order valence-corrected chi connectivity index (χ0v) is 12.1. The number of nitrogens with zero attached hydrogens (tertiary/aromatic N) is 3. The summed E-state index contributed by atoms with van der Waals surface area (Å²) in [5.74, 6) is 2.75. The van der Waals surface area contributed by atoms with Crippen LogP contribution in [0.1, 0.15) is 32.5 Å². The van der Waals surface area contributed by atoms with Crippen LogP contribution in [0.5, 0.6) is 0 Å². The zero-order valence-electron chi connectivity index (χ0n) is 12.1. The third-order valence-corrected chi connectivity index (χ3v) is 3.37. The number of hydrogen-bond acceptors (Lipinski definition) is 5. The van der Waals surface area contributed by atoms with Crippen LogP contribution in [0.15, 0.2) is 6.07 Å². The van der Waals surface area contributed by atoms with Gasteiger partial charge in [-0.05, 0) is 19.8 Å². The van der Waals surface area contributed by atoms with Gasteiger partial charge in [0.1, 0.15) is 17.5 Å². The number of rotatable bonds is 5. The van der Waals surface area contributed by atoms with Gasteiger partial charge in [-0.3, -0.25) is 0 Å². The van der Waals surface area contributed by atoms with Crippen LogP contribution in [0, 0.1) is 6.92 Å². The molecule has 0 aromatic carbocycles. The van der Waals surface area contributed by atoms with Gasteiger partial charge < -0.3 is 15.0 Å². The lowest BCUT2D eigenvalue weighted by molar-refractivity contribution is 0.0925. The predicted octanol–water partition coefficient (Wildman–Crippen LogP) is 2.22. The molecule has 1 aliphatic rings. The van der Waals surface area contributed by atoms with Crippen LogP contribution in [0.4, 0.5) is 11.6 Å². The van der Waals surface area contributed by atoms with E-state index in [2.05, 4.69) is 40.1 Å².